The Hall–Kier alpha value is -0.630. The summed E-state index contributed by atoms with van der Waals surface area (Å²) in [6.07, 6.45) is 6.82. The Morgan fingerprint density at radius 3 is 2.55 bits per heavy atom. The van der Waals surface area contributed by atoms with Gasteiger partial charge in [0.1, 0.15) is 5.78 Å². The van der Waals surface area contributed by atoms with E-state index in [4.69, 9.17) is 0 Å². The Morgan fingerprint density at radius 1 is 1.23 bits per heavy atom. The molecule has 2 fully saturated rings. The molecule has 124 valence electrons. The minimum Gasteiger partial charge on any atom is -0.390 e. The van der Waals surface area contributed by atoms with E-state index in [-0.39, 0.29) is 17.3 Å². The average molecular weight is 304 g/mol. The zero-order chi connectivity index (χ0) is 16.3. The number of carbonyl (C=O) groups is 1. The van der Waals surface area contributed by atoms with Crippen LogP contribution in [-0.2, 0) is 4.79 Å². The molecule has 0 aliphatic heterocycles. The highest BCUT2D eigenvalue weighted by atomic mass is 16.3. The molecule has 0 aromatic rings. The fourth-order valence-electron chi connectivity index (χ4n) is 6.15. The average Bonchev–Trinajstić information content (AvgIpc) is 2.65. The first kappa shape index (κ1) is 16.2. The maximum atomic E-state index is 13.0. The number of rotatable bonds is 1. The predicted molar refractivity (Wildman–Crippen MR) is 89.4 cm³/mol. The lowest BCUT2D eigenvalue weighted by molar-refractivity contribution is -0.202. The van der Waals surface area contributed by atoms with Crippen LogP contribution in [0.15, 0.2) is 11.6 Å². The van der Waals surface area contributed by atoms with Gasteiger partial charge in [-0.25, -0.2) is 0 Å². The SMILES string of the molecule is C/C1=C\CC[C@](C)(O)[C@@H]2C(C(=O)C1)[C@@]1(C)CCC(C(C)C)C21. The van der Waals surface area contributed by atoms with Gasteiger partial charge in [0.05, 0.1) is 5.60 Å². The van der Waals surface area contributed by atoms with E-state index in [0.29, 0.717) is 30.0 Å². The van der Waals surface area contributed by atoms with Crippen molar-refractivity contribution in [2.24, 2.45) is 35.0 Å². The maximum Gasteiger partial charge on any atom is 0.140 e. The summed E-state index contributed by atoms with van der Waals surface area (Å²) in [5.41, 5.74) is 0.612. The van der Waals surface area contributed by atoms with Crippen molar-refractivity contribution in [3.63, 3.8) is 0 Å². The number of Topliss-reactive ketones (excluding diaryl/α,β-unsaturated/α-hetero) is 1. The Labute approximate surface area is 135 Å². The lowest BCUT2D eigenvalue weighted by Crippen LogP contribution is -2.64. The second kappa shape index (κ2) is 5.19. The summed E-state index contributed by atoms with van der Waals surface area (Å²) in [4.78, 5) is 13.0. The fraction of sp³-hybridized carbons (Fsp3) is 0.850. The summed E-state index contributed by atoms with van der Waals surface area (Å²) < 4.78 is 0. The van der Waals surface area contributed by atoms with Gasteiger partial charge in [-0.2, -0.15) is 0 Å². The number of hydrogen-bond donors (Lipinski definition) is 1. The van der Waals surface area contributed by atoms with Crippen molar-refractivity contribution in [3.8, 4) is 0 Å². The summed E-state index contributed by atoms with van der Waals surface area (Å²) >= 11 is 0. The van der Waals surface area contributed by atoms with Crippen LogP contribution in [0.1, 0.15) is 66.7 Å². The van der Waals surface area contributed by atoms with Crippen molar-refractivity contribution in [3.05, 3.63) is 11.6 Å². The van der Waals surface area contributed by atoms with Crippen LogP contribution in [-0.4, -0.2) is 16.5 Å². The molecule has 1 N–H and O–H groups in total. The Kier molecular flexibility index (Phi) is 3.83. The van der Waals surface area contributed by atoms with E-state index in [1.165, 1.54) is 12.0 Å². The van der Waals surface area contributed by atoms with Gasteiger partial charge in [-0.15, -0.1) is 0 Å². The monoisotopic (exact) mass is 304 g/mol. The largest absolute Gasteiger partial charge is 0.390 e. The van der Waals surface area contributed by atoms with Gasteiger partial charge in [-0.1, -0.05) is 32.4 Å². The summed E-state index contributed by atoms with van der Waals surface area (Å²) in [7, 11) is 0. The zero-order valence-electron chi connectivity index (χ0n) is 14.9. The molecule has 3 unspecified atom stereocenters. The molecular formula is C20H32O2. The van der Waals surface area contributed by atoms with Gasteiger partial charge in [0.15, 0.2) is 0 Å². The fourth-order valence-corrected chi connectivity index (χ4v) is 6.15. The van der Waals surface area contributed by atoms with Crippen LogP contribution >= 0.6 is 0 Å². The number of aliphatic hydroxyl groups is 1. The zero-order valence-corrected chi connectivity index (χ0v) is 14.9. The number of ketones is 1. The van der Waals surface area contributed by atoms with Crippen molar-refractivity contribution in [1.82, 2.24) is 0 Å². The molecule has 22 heavy (non-hydrogen) atoms. The van der Waals surface area contributed by atoms with Crippen LogP contribution in [0, 0.1) is 35.0 Å². The van der Waals surface area contributed by atoms with Gasteiger partial charge in [0.2, 0.25) is 0 Å². The molecule has 0 bridgehead atoms. The normalized spacial score (nSPS) is 51.0. The van der Waals surface area contributed by atoms with E-state index in [2.05, 4.69) is 33.8 Å². The molecule has 2 nitrogen and oxygen atoms in total. The van der Waals surface area contributed by atoms with Crippen molar-refractivity contribution in [1.29, 1.82) is 0 Å². The standard InChI is InChI=1S/C20H32O2/c1-12(2)14-8-10-19(4)16(14)18-17(19)15(21)11-13(3)7-6-9-20(18,5)22/h7,12,14,16-18,22H,6,8-11H2,1-5H3/b13-7+/t14?,16?,17?,18-,19-,20-/m0/s1. The van der Waals surface area contributed by atoms with Crippen LogP contribution in [0.3, 0.4) is 0 Å². The van der Waals surface area contributed by atoms with Gasteiger partial charge in [0.25, 0.3) is 0 Å². The molecule has 0 aromatic heterocycles. The molecule has 3 aliphatic carbocycles. The highest BCUT2D eigenvalue weighted by molar-refractivity contribution is 5.85. The highest BCUT2D eigenvalue weighted by Crippen LogP contribution is 2.70. The van der Waals surface area contributed by atoms with Crippen LogP contribution in [0.4, 0.5) is 0 Å². The molecule has 6 atom stereocenters. The molecule has 2 saturated carbocycles. The van der Waals surface area contributed by atoms with Crippen molar-refractivity contribution in [2.75, 3.05) is 0 Å². The van der Waals surface area contributed by atoms with Gasteiger partial charge in [-0.05, 0) is 62.7 Å². The second-order valence-corrected chi connectivity index (χ2v) is 9.07. The minimum absolute atomic E-state index is 0.0673. The molecule has 0 spiro atoms. The molecule has 0 aromatic carbocycles. The third kappa shape index (κ3) is 2.21. The van der Waals surface area contributed by atoms with Gasteiger partial charge < -0.3 is 5.11 Å². The van der Waals surface area contributed by atoms with Crippen LogP contribution in [0.25, 0.3) is 0 Å². The first-order valence-electron chi connectivity index (χ1n) is 9.09. The predicted octanol–water partition coefficient (Wildman–Crippen LogP) is 4.37. The summed E-state index contributed by atoms with van der Waals surface area (Å²) in [5, 5.41) is 11.2. The Morgan fingerprint density at radius 2 is 1.91 bits per heavy atom. The highest BCUT2D eigenvalue weighted by Gasteiger charge is 2.69. The molecule has 0 heterocycles. The Balaban J connectivity index is 2.00. The quantitative estimate of drug-likeness (QED) is 0.730. The third-order valence-corrected chi connectivity index (χ3v) is 7.21. The van der Waals surface area contributed by atoms with Crippen LogP contribution in [0.5, 0.6) is 0 Å². The summed E-state index contributed by atoms with van der Waals surface area (Å²) in [6, 6.07) is 0. The van der Waals surface area contributed by atoms with E-state index in [9.17, 15) is 9.90 Å². The van der Waals surface area contributed by atoms with Crippen molar-refractivity contribution >= 4 is 5.78 Å². The van der Waals surface area contributed by atoms with Crippen LogP contribution in [0.2, 0.25) is 0 Å². The molecule has 0 radical (unpaired) electrons. The van der Waals surface area contributed by atoms with Gasteiger partial charge >= 0.3 is 0 Å². The van der Waals surface area contributed by atoms with Crippen molar-refractivity contribution < 1.29 is 9.90 Å². The number of hydrogen-bond acceptors (Lipinski definition) is 2. The summed E-state index contributed by atoms with van der Waals surface area (Å²) in [6.45, 7) is 11.0. The first-order chi connectivity index (χ1) is 10.2. The lowest BCUT2D eigenvalue weighted by Gasteiger charge is -2.62. The van der Waals surface area contributed by atoms with E-state index >= 15 is 0 Å². The van der Waals surface area contributed by atoms with Crippen LogP contribution < -0.4 is 0 Å². The van der Waals surface area contributed by atoms with Gasteiger partial charge in [0, 0.05) is 18.3 Å². The van der Waals surface area contributed by atoms with Crippen molar-refractivity contribution in [2.45, 2.75) is 72.3 Å². The van der Waals surface area contributed by atoms with E-state index in [1.54, 1.807) is 0 Å². The number of fused-ring (bicyclic) bond motifs is 4. The molecule has 0 amide bonds. The number of allylic oxidation sites excluding steroid dienone is 2. The van der Waals surface area contributed by atoms with Gasteiger partial charge in [-0.3, -0.25) is 4.79 Å². The van der Waals surface area contributed by atoms with E-state index in [0.717, 1.165) is 19.3 Å². The number of carbonyl (C=O) groups excluding carboxylic acids is 1. The topological polar surface area (TPSA) is 37.3 Å². The molecule has 0 saturated heterocycles. The third-order valence-electron chi connectivity index (χ3n) is 7.21. The van der Waals surface area contributed by atoms with E-state index < -0.39 is 5.60 Å². The lowest BCUT2D eigenvalue weighted by atomic mass is 9.42. The summed E-state index contributed by atoms with van der Waals surface area (Å²) in [5.74, 6) is 2.45. The first-order valence-corrected chi connectivity index (χ1v) is 9.09. The molecule has 2 heteroatoms. The minimum atomic E-state index is -0.705. The molecule has 3 rings (SSSR count). The smallest absolute Gasteiger partial charge is 0.140 e. The van der Waals surface area contributed by atoms with E-state index in [1.807, 2.05) is 6.92 Å². The maximum absolute atomic E-state index is 13.0. The second-order valence-electron chi connectivity index (χ2n) is 9.07. The Bertz CT molecular complexity index is 502. The molecular weight excluding hydrogens is 272 g/mol. The molecule has 3 aliphatic rings.